The number of anilines is 1. The molecule has 0 aliphatic rings. The monoisotopic (exact) mass is 337 g/mol. The highest BCUT2D eigenvalue weighted by atomic mass is 35.5. The smallest absolute Gasteiger partial charge is 0.230 e. The van der Waals surface area contributed by atoms with Crippen molar-refractivity contribution < 1.29 is 9.18 Å². The van der Waals surface area contributed by atoms with Gasteiger partial charge in [-0.3, -0.25) is 4.79 Å². The quantitative estimate of drug-likeness (QED) is 0.786. The molecule has 0 fully saturated rings. The molecule has 0 aliphatic heterocycles. The van der Waals surface area contributed by atoms with Crippen LogP contribution in [0.25, 0.3) is 5.65 Å². The number of carbonyl (C=O) groups is 1. The first-order chi connectivity index (χ1) is 10.5. The molecule has 0 atom stereocenters. The van der Waals surface area contributed by atoms with Crippen LogP contribution in [0.3, 0.4) is 0 Å². The van der Waals surface area contributed by atoms with Gasteiger partial charge in [-0.05, 0) is 30.3 Å². The molecule has 22 heavy (non-hydrogen) atoms. The number of fused-ring (bicyclic) bond motifs is 1. The summed E-state index contributed by atoms with van der Waals surface area (Å²) in [5.41, 5.74) is 1.59. The minimum absolute atomic E-state index is 0.0578. The molecule has 3 aromatic rings. The van der Waals surface area contributed by atoms with Gasteiger partial charge in [-0.15, -0.1) is 0 Å². The predicted octanol–water partition coefficient (Wildman–Crippen LogP) is 3.96. The number of hydrogen-bond donors (Lipinski definition) is 1. The zero-order chi connectivity index (χ0) is 15.7. The van der Waals surface area contributed by atoms with Gasteiger partial charge in [0.15, 0.2) is 0 Å². The highest BCUT2D eigenvalue weighted by Crippen LogP contribution is 2.25. The number of aromatic nitrogens is 2. The zero-order valence-corrected chi connectivity index (χ0v) is 12.7. The first-order valence-corrected chi connectivity index (χ1v) is 7.15. The standard InChI is InChI=1S/C15H10Cl2FN3O/c16-9-1-3-13(12(17)5-9)20-15(22)6-11-8-21-7-10(18)2-4-14(21)19-11/h1-5,7-8H,6H2,(H,20,22). The molecule has 112 valence electrons. The van der Waals surface area contributed by atoms with Gasteiger partial charge in [-0.1, -0.05) is 23.2 Å². The van der Waals surface area contributed by atoms with Crippen molar-refractivity contribution in [3.8, 4) is 0 Å². The molecule has 0 spiro atoms. The fourth-order valence-electron chi connectivity index (χ4n) is 2.05. The van der Waals surface area contributed by atoms with E-state index in [0.717, 1.165) is 0 Å². The van der Waals surface area contributed by atoms with Crippen LogP contribution < -0.4 is 5.32 Å². The summed E-state index contributed by atoms with van der Waals surface area (Å²) in [7, 11) is 0. The second kappa shape index (κ2) is 5.94. The van der Waals surface area contributed by atoms with E-state index in [1.54, 1.807) is 30.5 Å². The Morgan fingerprint density at radius 1 is 1.23 bits per heavy atom. The average Bonchev–Trinajstić information content (AvgIpc) is 2.83. The Labute approximate surface area is 135 Å². The van der Waals surface area contributed by atoms with Gasteiger partial charge in [0.25, 0.3) is 0 Å². The van der Waals surface area contributed by atoms with Gasteiger partial charge >= 0.3 is 0 Å². The van der Waals surface area contributed by atoms with Crippen molar-refractivity contribution in [2.45, 2.75) is 6.42 Å². The Balaban J connectivity index is 1.75. The van der Waals surface area contributed by atoms with Gasteiger partial charge in [0.05, 0.1) is 22.8 Å². The topological polar surface area (TPSA) is 46.4 Å². The van der Waals surface area contributed by atoms with Crippen molar-refractivity contribution in [1.29, 1.82) is 0 Å². The molecule has 1 N–H and O–H groups in total. The third kappa shape index (κ3) is 3.21. The molecule has 1 aromatic carbocycles. The lowest BCUT2D eigenvalue weighted by atomic mass is 10.3. The van der Waals surface area contributed by atoms with Crippen molar-refractivity contribution in [2.75, 3.05) is 5.32 Å². The van der Waals surface area contributed by atoms with E-state index in [4.69, 9.17) is 23.2 Å². The maximum absolute atomic E-state index is 13.1. The van der Waals surface area contributed by atoms with Crippen LogP contribution in [0.4, 0.5) is 10.1 Å². The number of imidazole rings is 1. The molecule has 3 rings (SSSR count). The number of amides is 1. The van der Waals surface area contributed by atoms with Crippen LogP contribution >= 0.6 is 23.2 Å². The number of carbonyl (C=O) groups excluding carboxylic acids is 1. The summed E-state index contributed by atoms with van der Waals surface area (Å²) in [6.07, 6.45) is 2.98. The second-order valence-corrected chi connectivity index (χ2v) is 5.54. The number of hydrogen-bond acceptors (Lipinski definition) is 2. The molecule has 0 saturated heterocycles. The van der Waals surface area contributed by atoms with E-state index in [1.807, 2.05) is 0 Å². The molecular weight excluding hydrogens is 328 g/mol. The van der Waals surface area contributed by atoms with E-state index >= 15 is 0 Å². The van der Waals surface area contributed by atoms with Crippen LogP contribution in [0.5, 0.6) is 0 Å². The van der Waals surface area contributed by atoms with Crippen molar-refractivity contribution in [3.05, 3.63) is 64.3 Å². The number of pyridine rings is 1. The fraction of sp³-hybridized carbons (Fsp3) is 0.0667. The Morgan fingerprint density at radius 2 is 2.05 bits per heavy atom. The van der Waals surface area contributed by atoms with Crippen molar-refractivity contribution in [3.63, 3.8) is 0 Å². The van der Waals surface area contributed by atoms with E-state index < -0.39 is 0 Å². The van der Waals surface area contributed by atoms with Gasteiger partial charge < -0.3 is 9.72 Å². The molecule has 0 unspecified atom stereocenters. The predicted molar refractivity (Wildman–Crippen MR) is 83.9 cm³/mol. The highest BCUT2D eigenvalue weighted by Gasteiger charge is 2.10. The lowest BCUT2D eigenvalue weighted by Crippen LogP contribution is -2.14. The third-order valence-corrected chi connectivity index (χ3v) is 3.56. The Morgan fingerprint density at radius 3 is 2.82 bits per heavy atom. The van der Waals surface area contributed by atoms with Gasteiger partial charge in [-0.25, -0.2) is 9.37 Å². The molecule has 0 bridgehead atoms. The summed E-state index contributed by atoms with van der Waals surface area (Å²) in [6, 6.07) is 7.68. The van der Waals surface area contributed by atoms with Crippen molar-refractivity contribution in [1.82, 2.24) is 9.38 Å². The second-order valence-electron chi connectivity index (χ2n) is 4.69. The minimum atomic E-state index is -0.367. The molecule has 0 aliphatic carbocycles. The SMILES string of the molecule is O=C(Cc1cn2cc(F)ccc2n1)Nc1ccc(Cl)cc1Cl. The first kappa shape index (κ1) is 14.8. The van der Waals surface area contributed by atoms with Crippen LogP contribution in [-0.4, -0.2) is 15.3 Å². The van der Waals surface area contributed by atoms with E-state index in [2.05, 4.69) is 10.3 Å². The molecule has 0 saturated carbocycles. The van der Waals surface area contributed by atoms with E-state index in [-0.39, 0.29) is 18.1 Å². The summed E-state index contributed by atoms with van der Waals surface area (Å²) in [4.78, 5) is 16.3. The molecule has 0 radical (unpaired) electrons. The number of nitrogens with zero attached hydrogens (tertiary/aromatic N) is 2. The molecule has 2 heterocycles. The highest BCUT2D eigenvalue weighted by molar-refractivity contribution is 6.36. The summed E-state index contributed by atoms with van der Waals surface area (Å²) >= 11 is 11.8. The van der Waals surface area contributed by atoms with Crippen LogP contribution in [-0.2, 0) is 11.2 Å². The van der Waals surface area contributed by atoms with Crippen LogP contribution in [0.2, 0.25) is 10.0 Å². The number of halogens is 3. The zero-order valence-electron chi connectivity index (χ0n) is 11.2. The Kier molecular flexibility index (Phi) is 4.00. The van der Waals surface area contributed by atoms with E-state index in [0.29, 0.717) is 27.1 Å². The summed E-state index contributed by atoms with van der Waals surface area (Å²) in [6.45, 7) is 0. The van der Waals surface area contributed by atoms with Crippen LogP contribution in [0.1, 0.15) is 5.69 Å². The summed E-state index contributed by atoms with van der Waals surface area (Å²) < 4.78 is 14.7. The van der Waals surface area contributed by atoms with Crippen LogP contribution in [0, 0.1) is 5.82 Å². The molecule has 7 heteroatoms. The molecular formula is C15H10Cl2FN3O. The number of nitrogens with one attached hydrogen (secondary N) is 1. The number of benzene rings is 1. The normalized spacial score (nSPS) is 10.9. The van der Waals surface area contributed by atoms with Crippen LogP contribution in [0.15, 0.2) is 42.7 Å². The lowest BCUT2D eigenvalue weighted by Gasteiger charge is -2.06. The Bertz CT molecular complexity index is 863. The van der Waals surface area contributed by atoms with Crippen molar-refractivity contribution in [2.24, 2.45) is 0 Å². The summed E-state index contributed by atoms with van der Waals surface area (Å²) in [5, 5.41) is 3.54. The Hall–Kier alpha value is -2.11. The lowest BCUT2D eigenvalue weighted by molar-refractivity contribution is -0.115. The average molecular weight is 338 g/mol. The summed E-state index contributed by atoms with van der Waals surface area (Å²) in [5.74, 6) is -0.637. The van der Waals surface area contributed by atoms with E-state index in [1.165, 1.54) is 16.7 Å². The maximum Gasteiger partial charge on any atom is 0.230 e. The van der Waals surface area contributed by atoms with Gasteiger partial charge in [0, 0.05) is 17.4 Å². The first-order valence-electron chi connectivity index (χ1n) is 6.39. The van der Waals surface area contributed by atoms with Gasteiger partial charge in [-0.2, -0.15) is 0 Å². The van der Waals surface area contributed by atoms with Crippen molar-refractivity contribution >= 4 is 40.4 Å². The van der Waals surface area contributed by atoms with Gasteiger partial charge in [0.2, 0.25) is 5.91 Å². The fourth-order valence-corrected chi connectivity index (χ4v) is 2.51. The van der Waals surface area contributed by atoms with Gasteiger partial charge in [0.1, 0.15) is 11.5 Å². The maximum atomic E-state index is 13.1. The van der Waals surface area contributed by atoms with E-state index in [9.17, 15) is 9.18 Å². The molecule has 2 aromatic heterocycles. The largest absolute Gasteiger partial charge is 0.324 e. The third-order valence-electron chi connectivity index (χ3n) is 3.01. The molecule has 4 nitrogen and oxygen atoms in total. The molecule has 1 amide bonds. The number of rotatable bonds is 3. The minimum Gasteiger partial charge on any atom is -0.324 e.